The number of aromatic nitrogens is 1. The second-order valence-electron chi connectivity index (χ2n) is 5.13. The number of benzene rings is 1. The molecular weight excluding hydrogens is 284 g/mol. The molecule has 1 aromatic heterocycles. The highest BCUT2D eigenvalue weighted by atomic mass is 32.1. The van der Waals surface area contributed by atoms with Gasteiger partial charge >= 0.3 is 5.97 Å². The molecule has 1 atom stereocenters. The van der Waals surface area contributed by atoms with E-state index in [9.17, 15) is 4.79 Å². The molecule has 21 heavy (non-hydrogen) atoms. The third-order valence-electron chi connectivity index (χ3n) is 3.72. The highest BCUT2D eigenvalue weighted by Gasteiger charge is 2.14. The Hall–Kier alpha value is -1.88. The summed E-state index contributed by atoms with van der Waals surface area (Å²) in [5.41, 5.74) is 3.99. The molecule has 1 heterocycles. The molecule has 2 rings (SSSR count). The number of carbonyl (C=O) groups is 1. The number of aryl methyl sites for hydroxylation is 2. The summed E-state index contributed by atoms with van der Waals surface area (Å²) in [5, 5.41) is 11.2. The Morgan fingerprint density at radius 2 is 2.19 bits per heavy atom. The largest absolute Gasteiger partial charge is 0.481 e. The van der Waals surface area contributed by atoms with Crippen LogP contribution in [-0.2, 0) is 18.3 Å². The molecule has 0 radical (unpaired) electrons. The van der Waals surface area contributed by atoms with E-state index in [-0.39, 0.29) is 0 Å². The fourth-order valence-electron chi connectivity index (χ4n) is 2.06. The Morgan fingerprint density at radius 3 is 2.71 bits per heavy atom. The zero-order valence-corrected chi connectivity index (χ0v) is 13.6. The lowest BCUT2D eigenvalue weighted by atomic mass is 9.97. The van der Waals surface area contributed by atoms with E-state index in [1.54, 1.807) is 18.3 Å². The van der Waals surface area contributed by atoms with E-state index in [0.717, 1.165) is 28.0 Å². The summed E-state index contributed by atoms with van der Waals surface area (Å²) in [7, 11) is 2.00. The van der Waals surface area contributed by atoms with Crippen LogP contribution in [0.25, 0.3) is 0 Å². The van der Waals surface area contributed by atoms with Crippen LogP contribution in [0.3, 0.4) is 0 Å². The van der Waals surface area contributed by atoms with Crippen molar-refractivity contribution in [3.63, 3.8) is 0 Å². The topological polar surface area (TPSA) is 54.6 Å². The van der Waals surface area contributed by atoms with Crippen molar-refractivity contribution in [3.8, 4) is 0 Å². The molecular formula is C16H20N2O2S. The van der Waals surface area contributed by atoms with Crippen molar-refractivity contribution in [2.45, 2.75) is 33.1 Å². The second-order valence-corrected chi connectivity index (χ2v) is 5.97. The van der Waals surface area contributed by atoms with E-state index < -0.39 is 11.9 Å². The molecule has 0 spiro atoms. The van der Waals surface area contributed by atoms with Gasteiger partial charge in [-0.2, -0.15) is 0 Å². The Bertz CT molecular complexity index is 728. The summed E-state index contributed by atoms with van der Waals surface area (Å²) >= 11 is 1.61. The van der Waals surface area contributed by atoms with Crippen LogP contribution in [0.15, 0.2) is 28.6 Å². The first-order valence-electron chi connectivity index (χ1n) is 6.95. The summed E-state index contributed by atoms with van der Waals surface area (Å²) in [6.07, 6.45) is 0.826. The van der Waals surface area contributed by atoms with E-state index in [1.807, 2.05) is 32.2 Å². The quantitative estimate of drug-likeness (QED) is 0.941. The maximum Gasteiger partial charge on any atom is 0.310 e. The number of nitrogens with zero attached hydrogens (tertiary/aromatic N) is 2. The molecule has 1 aromatic carbocycles. The molecule has 0 aliphatic carbocycles. The number of aliphatic carboxylic acids is 1. The minimum Gasteiger partial charge on any atom is -0.481 e. The van der Waals surface area contributed by atoms with Gasteiger partial charge in [-0.3, -0.25) is 4.79 Å². The third-order valence-corrected chi connectivity index (χ3v) is 4.76. The minimum absolute atomic E-state index is 0.496. The van der Waals surface area contributed by atoms with Crippen molar-refractivity contribution < 1.29 is 9.90 Å². The summed E-state index contributed by atoms with van der Waals surface area (Å²) in [4.78, 5) is 16.8. The van der Waals surface area contributed by atoms with Gasteiger partial charge in [0.05, 0.1) is 11.6 Å². The highest BCUT2D eigenvalue weighted by molar-refractivity contribution is 7.07. The van der Waals surface area contributed by atoms with Crippen molar-refractivity contribution in [2.75, 3.05) is 0 Å². The number of hydrogen-bond donors (Lipinski definition) is 1. The van der Waals surface area contributed by atoms with Crippen LogP contribution in [0.5, 0.6) is 0 Å². The molecule has 2 aromatic rings. The maximum atomic E-state index is 11.1. The second kappa shape index (κ2) is 6.26. The van der Waals surface area contributed by atoms with Gasteiger partial charge in [0.1, 0.15) is 0 Å². The number of carboxylic acid groups (broad SMARTS) is 1. The molecule has 112 valence electrons. The van der Waals surface area contributed by atoms with Gasteiger partial charge in [0, 0.05) is 18.1 Å². The molecule has 0 aliphatic heterocycles. The molecule has 0 saturated carbocycles. The average Bonchev–Trinajstić information content (AvgIpc) is 2.78. The lowest BCUT2D eigenvalue weighted by Gasteiger charge is -2.10. The molecule has 1 unspecified atom stereocenters. The smallest absolute Gasteiger partial charge is 0.310 e. The maximum absolute atomic E-state index is 11.1. The Kier molecular flexibility index (Phi) is 4.63. The summed E-state index contributed by atoms with van der Waals surface area (Å²) in [6, 6.07) is 5.73. The number of carboxylic acids is 1. The van der Waals surface area contributed by atoms with E-state index in [2.05, 4.69) is 16.9 Å². The van der Waals surface area contributed by atoms with Gasteiger partial charge < -0.3 is 9.67 Å². The fraction of sp³-hybridized carbons (Fsp3) is 0.375. The van der Waals surface area contributed by atoms with E-state index in [0.29, 0.717) is 0 Å². The predicted octanol–water partition coefficient (Wildman–Crippen LogP) is 3.38. The number of thiazole rings is 1. The van der Waals surface area contributed by atoms with E-state index in [1.165, 1.54) is 5.69 Å². The van der Waals surface area contributed by atoms with Crippen molar-refractivity contribution in [1.29, 1.82) is 0 Å². The van der Waals surface area contributed by atoms with Crippen LogP contribution in [-0.4, -0.2) is 15.6 Å². The monoisotopic (exact) mass is 304 g/mol. The molecule has 0 saturated heterocycles. The summed E-state index contributed by atoms with van der Waals surface area (Å²) < 4.78 is 2.05. The van der Waals surface area contributed by atoms with Gasteiger partial charge in [-0.05, 0) is 37.5 Å². The molecule has 4 nitrogen and oxygen atoms in total. The van der Waals surface area contributed by atoms with Crippen LogP contribution in [0, 0.1) is 6.92 Å². The first-order valence-corrected chi connectivity index (χ1v) is 7.83. The van der Waals surface area contributed by atoms with Crippen LogP contribution in [0.1, 0.15) is 36.6 Å². The van der Waals surface area contributed by atoms with Crippen LogP contribution >= 0.6 is 11.3 Å². The molecule has 1 N–H and O–H groups in total. The molecule has 0 aliphatic rings. The van der Waals surface area contributed by atoms with Crippen LogP contribution in [0.4, 0.5) is 5.69 Å². The SMILES string of the molecule is CCc1cc(C(C)C(=O)O)ccc1/N=c1\scc(C)n1C. The Morgan fingerprint density at radius 1 is 1.48 bits per heavy atom. The van der Waals surface area contributed by atoms with E-state index >= 15 is 0 Å². The zero-order valence-electron chi connectivity index (χ0n) is 12.8. The standard InChI is InChI=1S/C16H20N2O2S/c1-5-12-8-13(11(3)15(19)20)6-7-14(12)17-16-18(4)10(2)9-21-16/h6-9,11H,5H2,1-4H3,(H,19,20)/b17-16-. The first kappa shape index (κ1) is 15.5. The molecule has 0 bridgehead atoms. The first-order chi connectivity index (χ1) is 9.93. The van der Waals surface area contributed by atoms with Crippen LogP contribution in [0.2, 0.25) is 0 Å². The van der Waals surface area contributed by atoms with Crippen molar-refractivity contribution in [3.05, 3.63) is 45.2 Å². The fourth-order valence-corrected chi connectivity index (χ4v) is 2.95. The lowest BCUT2D eigenvalue weighted by Crippen LogP contribution is -2.11. The summed E-state index contributed by atoms with van der Waals surface area (Å²) in [6.45, 7) is 5.81. The van der Waals surface area contributed by atoms with Gasteiger partial charge in [0.25, 0.3) is 0 Å². The summed E-state index contributed by atoms with van der Waals surface area (Å²) in [5.74, 6) is -1.30. The minimum atomic E-state index is -0.804. The number of hydrogen-bond acceptors (Lipinski definition) is 3. The zero-order chi connectivity index (χ0) is 15.6. The molecule has 0 amide bonds. The molecule has 5 heteroatoms. The normalized spacial score (nSPS) is 13.4. The van der Waals surface area contributed by atoms with Gasteiger partial charge in [-0.1, -0.05) is 19.1 Å². The predicted molar refractivity (Wildman–Crippen MR) is 85.1 cm³/mol. The van der Waals surface area contributed by atoms with E-state index in [4.69, 9.17) is 10.1 Å². The molecule has 0 fully saturated rings. The average molecular weight is 304 g/mol. The van der Waals surface area contributed by atoms with Crippen molar-refractivity contribution in [2.24, 2.45) is 12.0 Å². The lowest BCUT2D eigenvalue weighted by molar-refractivity contribution is -0.138. The Balaban J connectivity index is 2.49. The van der Waals surface area contributed by atoms with Gasteiger partial charge in [0.15, 0.2) is 4.80 Å². The third kappa shape index (κ3) is 3.24. The van der Waals surface area contributed by atoms with Gasteiger partial charge in [0.2, 0.25) is 0 Å². The van der Waals surface area contributed by atoms with Crippen LogP contribution < -0.4 is 4.80 Å². The van der Waals surface area contributed by atoms with Crippen molar-refractivity contribution in [1.82, 2.24) is 4.57 Å². The van der Waals surface area contributed by atoms with Gasteiger partial charge in [-0.25, -0.2) is 4.99 Å². The van der Waals surface area contributed by atoms with Gasteiger partial charge in [-0.15, -0.1) is 11.3 Å². The number of rotatable bonds is 4. The van der Waals surface area contributed by atoms with Crippen molar-refractivity contribution >= 4 is 23.0 Å². The Labute approximate surface area is 128 Å². The highest BCUT2D eigenvalue weighted by Crippen LogP contribution is 2.25.